The largest absolute Gasteiger partial charge is 0.394 e. The van der Waals surface area contributed by atoms with Gasteiger partial charge in [0.25, 0.3) is 0 Å². The van der Waals surface area contributed by atoms with Crippen LogP contribution in [0.5, 0.6) is 0 Å². The Labute approximate surface area is 122 Å². The van der Waals surface area contributed by atoms with E-state index in [0.717, 1.165) is 6.54 Å². The zero-order valence-corrected chi connectivity index (χ0v) is 13.1. The summed E-state index contributed by atoms with van der Waals surface area (Å²) in [6, 6.07) is 0.0774. The fourth-order valence-corrected chi connectivity index (χ4v) is 5.00. The Morgan fingerprint density at radius 2 is 1.95 bits per heavy atom. The van der Waals surface area contributed by atoms with E-state index >= 15 is 0 Å². The third kappa shape index (κ3) is 2.09. The van der Waals surface area contributed by atoms with Crippen LogP contribution in [0.2, 0.25) is 0 Å². The molecule has 114 valence electrons. The summed E-state index contributed by atoms with van der Waals surface area (Å²) < 4.78 is 0. The van der Waals surface area contributed by atoms with Crippen molar-refractivity contribution in [3.05, 3.63) is 0 Å². The van der Waals surface area contributed by atoms with E-state index in [1.54, 1.807) is 0 Å². The topological polar surface area (TPSA) is 40.5 Å². The van der Waals surface area contributed by atoms with E-state index < -0.39 is 0 Å². The maximum atomic E-state index is 12.8. The Balaban J connectivity index is 1.65. The molecule has 2 saturated carbocycles. The van der Waals surface area contributed by atoms with Crippen molar-refractivity contribution in [2.24, 2.45) is 29.1 Å². The minimum Gasteiger partial charge on any atom is -0.394 e. The van der Waals surface area contributed by atoms with Gasteiger partial charge in [0.15, 0.2) is 0 Å². The molecule has 3 aliphatic rings. The molecule has 3 heteroatoms. The summed E-state index contributed by atoms with van der Waals surface area (Å²) >= 11 is 0. The summed E-state index contributed by atoms with van der Waals surface area (Å²) in [6.45, 7) is 7.67. The summed E-state index contributed by atoms with van der Waals surface area (Å²) in [5.41, 5.74) is 0.332. The molecular weight excluding hydrogens is 250 g/mol. The van der Waals surface area contributed by atoms with Gasteiger partial charge in [0, 0.05) is 12.5 Å². The molecule has 4 atom stereocenters. The molecule has 0 radical (unpaired) electrons. The number of carbonyl (C=O) groups excluding carboxylic acids is 1. The minimum atomic E-state index is 0.0774. The summed E-state index contributed by atoms with van der Waals surface area (Å²) in [4.78, 5) is 14.8. The Kier molecular flexibility index (Phi) is 3.60. The van der Waals surface area contributed by atoms with Gasteiger partial charge in [0.2, 0.25) is 5.91 Å². The van der Waals surface area contributed by atoms with E-state index in [1.807, 2.05) is 4.90 Å². The van der Waals surface area contributed by atoms with Crippen molar-refractivity contribution in [3.63, 3.8) is 0 Å². The van der Waals surface area contributed by atoms with Crippen LogP contribution in [0.15, 0.2) is 0 Å². The first kappa shape index (κ1) is 14.4. The molecule has 3 fully saturated rings. The standard InChI is InChI=1S/C17H29NO2/c1-11(12-7-5-4-6-8-12)16(20)18-9-13-15(14(18)10-19)17(13,2)3/h11-15,19H,4-10H2,1-3H3. The van der Waals surface area contributed by atoms with Crippen molar-refractivity contribution in [1.29, 1.82) is 0 Å². The molecule has 20 heavy (non-hydrogen) atoms. The van der Waals surface area contributed by atoms with Crippen LogP contribution in [-0.4, -0.2) is 35.1 Å². The Hall–Kier alpha value is -0.570. The van der Waals surface area contributed by atoms with Gasteiger partial charge in [-0.25, -0.2) is 0 Å². The highest BCUT2D eigenvalue weighted by atomic mass is 16.3. The van der Waals surface area contributed by atoms with Crippen LogP contribution < -0.4 is 0 Å². The summed E-state index contributed by atoms with van der Waals surface area (Å²) in [7, 11) is 0. The van der Waals surface area contributed by atoms with Gasteiger partial charge >= 0.3 is 0 Å². The van der Waals surface area contributed by atoms with Crippen LogP contribution >= 0.6 is 0 Å². The maximum absolute atomic E-state index is 12.8. The number of hydrogen-bond acceptors (Lipinski definition) is 2. The second-order valence-corrected chi connectivity index (χ2v) is 7.88. The molecule has 0 spiro atoms. The molecule has 0 aromatic rings. The quantitative estimate of drug-likeness (QED) is 0.863. The molecule has 3 rings (SSSR count). The molecule has 1 heterocycles. The SMILES string of the molecule is CC(C(=O)N1CC2C(C1CO)C2(C)C)C1CCCCC1. The molecule has 2 aliphatic carbocycles. The van der Waals surface area contributed by atoms with Crippen LogP contribution in [0.3, 0.4) is 0 Å². The van der Waals surface area contributed by atoms with Gasteiger partial charge in [-0.3, -0.25) is 4.79 Å². The van der Waals surface area contributed by atoms with Gasteiger partial charge in [-0.2, -0.15) is 0 Å². The first-order chi connectivity index (χ1) is 9.48. The number of hydrogen-bond donors (Lipinski definition) is 1. The summed E-state index contributed by atoms with van der Waals surface area (Å²) in [6.07, 6.45) is 6.32. The first-order valence-corrected chi connectivity index (χ1v) is 8.39. The molecular formula is C17H29NO2. The lowest BCUT2D eigenvalue weighted by molar-refractivity contribution is -0.140. The van der Waals surface area contributed by atoms with Crippen molar-refractivity contribution in [2.75, 3.05) is 13.2 Å². The number of aliphatic hydroxyl groups is 1. The number of aliphatic hydroxyl groups excluding tert-OH is 1. The number of piperidine rings is 1. The van der Waals surface area contributed by atoms with E-state index in [2.05, 4.69) is 20.8 Å². The molecule has 4 unspecified atom stereocenters. The second-order valence-electron chi connectivity index (χ2n) is 7.88. The highest BCUT2D eigenvalue weighted by Crippen LogP contribution is 2.64. The lowest BCUT2D eigenvalue weighted by atomic mass is 9.80. The van der Waals surface area contributed by atoms with Gasteiger partial charge in [-0.1, -0.05) is 40.0 Å². The van der Waals surface area contributed by atoms with E-state index in [9.17, 15) is 9.90 Å². The van der Waals surface area contributed by atoms with Crippen molar-refractivity contribution >= 4 is 5.91 Å². The average molecular weight is 279 g/mol. The number of fused-ring (bicyclic) bond motifs is 1. The van der Waals surface area contributed by atoms with E-state index in [0.29, 0.717) is 29.1 Å². The zero-order chi connectivity index (χ0) is 14.5. The van der Waals surface area contributed by atoms with E-state index in [4.69, 9.17) is 0 Å². The molecule has 0 aromatic carbocycles. The van der Waals surface area contributed by atoms with Gasteiger partial charge in [0.05, 0.1) is 12.6 Å². The van der Waals surface area contributed by atoms with Gasteiger partial charge in [0.1, 0.15) is 0 Å². The fourth-order valence-electron chi connectivity index (χ4n) is 5.00. The average Bonchev–Trinajstić information content (AvgIpc) is 2.85. The van der Waals surface area contributed by atoms with Gasteiger partial charge in [-0.05, 0) is 36.0 Å². The molecule has 0 bridgehead atoms. The minimum absolute atomic E-state index is 0.0774. The highest BCUT2D eigenvalue weighted by molar-refractivity contribution is 5.80. The lowest BCUT2D eigenvalue weighted by Gasteiger charge is -2.35. The predicted octanol–water partition coefficient (Wildman–Crippen LogP) is 2.68. The number of rotatable bonds is 3. The van der Waals surface area contributed by atoms with Crippen molar-refractivity contribution in [2.45, 2.75) is 58.9 Å². The predicted molar refractivity (Wildman–Crippen MR) is 79.1 cm³/mol. The third-order valence-electron chi connectivity index (χ3n) is 6.56. The number of amides is 1. The number of likely N-dealkylation sites (tertiary alicyclic amines) is 1. The second kappa shape index (κ2) is 5.01. The third-order valence-corrected chi connectivity index (χ3v) is 6.56. The molecule has 1 N–H and O–H groups in total. The van der Waals surface area contributed by atoms with Crippen LogP contribution in [0.4, 0.5) is 0 Å². The van der Waals surface area contributed by atoms with Crippen molar-refractivity contribution < 1.29 is 9.90 Å². The summed E-state index contributed by atoms with van der Waals surface area (Å²) in [5, 5.41) is 9.71. The monoisotopic (exact) mass is 279 g/mol. The zero-order valence-electron chi connectivity index (χ0n) is 13.1. The van der Waals surface area contributed by atoms with Gasteiger partial charge in [-0.15, -0.1) is 0 Å². The van der Waals surface area contributed by atoms with Crippen LogP contribution in [0.1, 0.15) is 52.9 Å². The lowest BCUT2D eigenvalue weighted by Crippen LogP contribution is -2.46. The Bertz CT molecular complexity index is 386. The highest BCUT2D eigenvalue weighted by Gasteiger charge is 2.67. The van der Waals surface area contributed by atoms with E-state index in [-0.39, 0.29) is 18.6 Å². The number of carbonyl (C=O) groups is 1. The Morgan fingerprint density at radius 3 is 2.55 bits per heavy atom. The van der Waals surface area contributed by atoms with Crippen LogP contribution in [0, 0.1) is 29.1 Å². The van der Waals surface area contributed by atoms with Gasteiger partial charge < -0.3 is 10.0 Å². The van der Waals surface area contributed by atoms with Crippen LogP contribution in [0.25, 0.3) is 0 Å². The maximum Gasteiger partial charge on any atom is 0.226 e. The Morgan fingerprint density at radius 1 is 1.30 bits per heavy atom. The number of nitrogens with zero attached hydrogens (tertiary/aromatic N) is 1. The molecule has 1 aliphatic heterocycles. The van der Waals surface area contributed by atoms with Crippen molar-refractivity contribution in [3.8, 4) is 0 Å². The van der Waals surface area contributed by atoms with Crippen LogP contribution in [-0.2, 0) is 4.79 Å². The molecule has 1 saturated heterocycles. The first-order valence-electron chi connectivity index (χ1n) is 8.39. The molecule has 1 amide bonds. The molecule has 3 nitrogen and oxygen atoms in total. The normalized spacial score (nSPS) is 37.6. The fraction of sp³-hybridized carbons (Fsp3) is 0.941. The smallest absolute Gasteiger partial charge is 0.226 e. The van der Waals surface area contributed by atoms with Crippen molar-refractivity contribution in [1.82, 2.24) is 4.90 Å². The van der Waals surface area contributed by atoms with E-state index in [1.165, 1.54) is 32.1 Å². The summed E-state index contributed by atoms with van der Waals surface area (Å²) in [5.74, 6) is 2.15. The molecule has 0 aromatic heterocycles.